The molecule has 1 unspecified atom stereocenters. The van der Waals surface area contributed by atoms with Gasteiger partial charge in [0.15, 0.2) is 11.5 Å². The van der Waals surface area contributed by atoms with Crippen LogP contribution in [0.4, 0.5) is 0 Å². The molecular formula is C25H27NO4. The number of hydrogen-bond acceptors (Lipinski definition) is 4. The number of piperidine rings is 1. The van der Waals surface area contributed by atoms with Gasteiger partial charge in [-0.05, 0) is 66.0 Å². The molecule has 5 heteroatoms. The lowest BCUT2D eigenvalue weighted by Crippen LogP contribution is -2.39. The number of hydrogen-bond donors (Lipinski definition) is 1. The van der Waals surface area contributed by atoms with E-state index in [2.05, 4.69) is 47.4 Å². The summed E-state index contributed by atoms with van der Waals surface area (Å²) >= 11 is 0. The number of benzene rings is 3. The predicted octanol–water partition coefficient (Wildman–Crippen LogP) is 4.74. The molecule has 1 N–H and O–H groups in total. The Hall–Kier alpha value is -3.05. The van der Waals surface area contributed by atoms with Crippen LogP contribution in [0.1, 0.15) is 30.0 Å². The minimum atomic E-state index is -0.692. The monoisotopic (exact) mass is 405 g/mol. The molecule has 0 saturated carbocycles. The molecular weight excluding hydrogens is 378 g/mol. The number of carboxylic acid groups (broad SMARTS) is 1. The SMILES string of the molecule is COc1ccc(C(c2ccc3ccccc3c2)N2CCC(C(=O)O)CC2)cc1OC. The standard InChI is InChI=1S/C25H27NO4/c1-29-22-10-9-21(16-23(22)30-2)24(26-13-11-18(12-14-26)25(27)28)20-8-7-17-5-3-4-6-19(17)15-20/h3-10,15-16,18,24H,11-14H2,1-2H3,(H,27,28). The Kier molecular flexibility index (Phi) is 5.91. The lowest BCUT2D eigenvalue weighted by molar-refractivity contribution is -0.143. The summed E-state index contributed by atoms with van der Waals surface area (Å²) in [6.45, 7) is 1.48. The molecule has 1 heterocycles. The van der Waals surface area contributed by atoms with Gasteiger partial charge in [-0.2, -0.15) is 0 Å². The lowest BCUT2D eigenvalue weighted by atomic mass is 9.90. The van der Waals surface area contributed by atoms with Gasteiger partial charge in [0.1, 0.15) is 0 Å². The van der Waals surface area contributed by atoms with Crippen molar-refractivity contribution in [2.24, 2.45) is 5.92 Å². The van der Waals surface area contributed by atoms with Crippen LogP contribution in [0.5, 0.6) is 11.5 Å². The zero-order valence-corrected chi connectivity index (χ0v) is 17.4. The van der Waals surface area contributed by atoms with E-state index in [4.69, 9.17) is 9.47 Å². The van der Waals surface area contributed by atoms with E-state index in [-0.39, 0.29) is 12.0 Å². The summed E-state index contributed by atoms with van der Waals surface area (Å²) in [5.41, 5.74) is 2.30. The van der Waals surface area contributed by atoms with E-state index in [0.717, 1.165) is 18.7 Å². The average molecular weight is 405 g/mol. The minimum absolute atomic E-state index is 0.0177. The third-order valence-electron chi connectivity index (χ3n) is 6.06. The van der Waals surface area contributed by atoms with E-state index in [1.807, 2.05) is 18.2 Å². The van der Waals surface area contributed by atoms with Crippen molar-refractivity contribution in [3.05, 3.63) is 71.8 Å². The van der Waals surface area contributed by atoms with E-state index < -0.39 is 5.97 Å². The Balaban J connectivity index is 1.75. The van der Waals surface area contributed by atoms with Gasteiger partial charge >= 0.3 is 5.97 Å². The molecule has 4 rings (SSSR count). The van der Waals surface area contributed by atoms with Crippen molar-refractivity contribution in [2.75, 3.05) is 27.3 Å². The van der Waals surface area contributed by atoms with Crippen molar-refractivity contribution in [2.45, 2.75) is 18.9 Å². The molecule has 0 aliphatic carbocycles. The van der Waals surface area contributed by atoms with Crippen LogP contribution in [-0.4, -0.2) is 43.3 Å². The molecule has 30 heavy (non-hydrogen) atoms. The number of ether oxygens (including phenoxy) is 2. The number of fused-ring (bicyclic) bond motifs is 1. The van der Waals surface area contributed by atoms with E-state index in [1.165, 1.54) is 16.3 Å². The molecule has 1 aliphatic rings. The molecule has 156 valence electrons. The highest BCUT2D eigenvalue weighted by Crippen LogP contribution is 2.37. The fourth-order valence-electron chi connectivity index (χ4n) is 4.42. The second kappa shape index (κ2) is 8.76. The number of carbonyl (C=O) groups is 1. The van der Waals surface area contributed by atoms with Crippen LogP contribution in [0.2, 0.25) is 0 Å². The maximum absolute atomic E-state index is 11.4. The number of methoxy groups -OCH3 is 2. The zero-order chi connectivity index (χ0) is 21.1. The first-order chi connectivity index (χ1) is 14.6. The Morgan fingerprint density at radius 1 is 0.900 bits per heavy atom. The fraction of sp³-hybridized carbons (Fsp3) is 0.320. The average Bonchev–Trinajstić information content (AvgIpc) is 2.79. The summed E-state index contributed by atoms with van der Waals surface area (Å²) in [5.74, 6) is 0.441. The molecule has 1 aliphatic heterocycles. The molecule has 5 nitrogen and oxygen atoms in total. The van der Waals surface area contributed by atoms with Gasteiger partial charge in [-0.25, -0.2) is 0 Å². The molecule has 0 spiro atoms. The van der Waals surface area contributed by atoms with Crippen molar-refractivity contribution in [3.8, 4) is 11.5 Å². The first-order valence-electron chi connectivity index (χ1n) is 10.3. The van der Waals surface area contributed by atoms with Crippen molar-refractivity contribution in [3.63, 3.8) is 0 Å². The third-order valence-corrected chi connectivity index (χ3v) is 6.06. The molecule has 0 radical (unpaired) electrons. The molecule has 0 amide bonds. The number of aliphatic carboxylic acids is 1. The third kappa shape index (κ3) is 3.98. The van der Waals surface area contributed by atoms with Crippen LogP contribution in [0.15, 0.2) is 60.7 Å². The number of rotatable bonds is 6. The summed E-state index contributed by atoms with van der Waals surface area (Å²) in [7, 11) is 3.28. The van der Waals surface area contributed by atoms with Gasteiger partial charge in [-0.1, -0.05) is 42.5 Å². The van der Waals surface area contributed by atoms with E-state index in [9.17, 15) is 9.90 Å². The van der Waals surface area contributed by atoms with Crippen LogP contribution in [0.3, 0.4) is 0 Å². The van der Waals surface area contributed by atoms with Gasteiger partial charge in [-0.3, -0.25) is 9.69 Å². The zero-order valence-electron chi connectivity index (χ0n) is 17.4. The largest absolute Gasteiger partial charge is 0.493 e. The molecule has 3 aromatic carbocycles. The lowest BCUT2D eigenvalue weighted by Gasteiger charge is -2.37. The summed E-state index contributed by atoms with van der Waals surface area (Å²) in [6.07, 6.45) is 1.32. The van der Waals surface area contributed by atoms with Crippen molar-refractivity contribution >= 4 is 16.7 Å². The smallest absolute Gasteiger partial charge is 0.306 e. The molecule has 1 saturated heterocycles. The maximum atomic E-state index is 11.4. The first-order valence-corrected chi connectivity index (χ1v) is 10.3. The molecule has 0 aromatic heterocycles. The summed E-state index contributed by atoms with van der Waals surface area (Å²) in [6, 6.07) is 21.0. The summed E-state index contributed by atoms with van der Waals surface area (Å²) < 4.78 is 11.0. The van der Waals surface area contributed by atoms with Crippen LogP contribution >= 0.6 is 0 Å². The Morgan fingerprint density at radius 2 is 1.53 bits per heavy atom. The topological polar surface area (TPSA) is 59.0 Å². The quantitative estimate of drug-likeness (QED) is 0.642. The molecule has 0 bridgehead atoms. The highest BCUT2D eigenvalue weighted by molar-refractivity contribution is 5.83. The minimum Gasteiger partial charge on any atom is -0.493 e. The van der Waals surface area contributed by atoms with Gasteiger partial charge < -0.3 is 14.6 Å². The van der Waals surface area contributed by atoms with Crippen molar-refractivity contribution in [1.82, 2.24) is 4.90 Å². The van der Waals surface area contributed by atoms with Gasteiger partial charge in [0.05, 0.1) is 26.2 Å². The highest BCUT2D eigenvalue weighted by atomic mass is 16.5. The molecule has 1 atom stereocenters. The maximum Gasteiger partial charge on any atom is 0.306 e. The van der Waals surface area contributed by atoms with Crippen LogP contribution < -0.4 is 9.47 Å². The number of carboxylic acids is 1. The summed E-state index contributed by atoms with van der Waals surface area (Å²) in [5, 5.41) is 11.8. The van der Waals surface area contributed by atoms with Gasteiger partial charge in [0.25, 0.3) is 0 Å². The van der Waals surface area contributed by atoms with Crippen molar-refractivity contribution in [1.29, 1.82) is 0 Å². The number of nitrogens with zero attached hydrogens (tertiary/aromatic N) is 1. The fourth-order valence-corrected chi connectivity index (χ4v) is 4.42. The first kappa shape index (κ1) is 20.2. The van der Waals surface area contributed by atoms with Crippen LogP contribution in [0.25, 0.3) is 10.8 Å². The normalized spacial score (nSPS) is 16.3. The Morgan fingerprint density at radius 3 is 2.20 bits per heavy atom. The highest BCUT2D eigenvalue weighted by Gasteiger charge is 2.30. The predicted molar refractivity (Wildman–Crippen MR) is 117 cm³/mol. The van der Waals surface area contributed by atoms with E-state index in [1.54, 1.807) is 14.2 Å². The molecule has 3 aromatic rings. The van der Waals surface area contributed by atoms with Crippen LogP contribution in [-0.2, 0) is 4.79 Å². The van der Waals surface area contributed by atoms with E-state index >= 15 is 0 Å². The van der Waals surface area contributed by atoms with Gasteiger partial charge in [-0.15, -0.1) is 0 Å². The second-order valence-corrected chi connectivity index (χ2v) is 7.77. The Labute approximate surface area is 176 Å². The Bertz CT molecular complexity index is 1040. The van der Waals surface area contributed by atoms with E-state index in [0.29, 0.717) is 24.3 Å². The van der Waals surface area contributed by atoms with Crippen molar-refractivity contribution < 1.29 is 19.4 Å². The van der Waals surface area contributed by atoms with Gasteiger partial charge in [0.2, 0.25) is 0 Å². The van der Waals surface area contributed by atoms with Gasteiger partial charge in [0, 0.05) is 0 Å². The number of likely N-dealkylation sites (tertiary alicyclic amines) is 1. The summed E-state index contributed by atoms with van der Waals surface area (Å²) in [4.78, 5) is 13.8. The molecule has 1 fully saturated rings. The second-order valence-electron chi connectivity index (χ2n) is 7.77. The van der Waals surface area contributed by atoms with Crippen LogP contribution in [0, 0.1) is 5.92 Å².